The first kappa shape index (κ1) is 39.7. The summed E-state index contributed by atoms with van der Waals surface area (Å²) in [5, 5.41) is 0. The van der Waals surface area contributed by atoms with Gasteiger partial charge in [0.25, 0.3) is 0 Å². The molecule has 6 heteroatoms. The van der Waals surface area contributed by atoms with E-state index in [-0.39, 0.29) is 38.8 Å². The van der Waals surface area contributed by atoms with Gasteiger partial charge in [-0.15, -0.1) is 0 Å². The van der Waals surface area contributed by atoms with Gasteiger partial charge in [-0.3, -0.25) is 0 Å². The van der Waals surface area contributed by atoms with Gasteiger partial charge in [-0.05, 0) is 60.7 Å². The van der Waals surface area contributed by atoms with E-state index in [9.17, 15) is 9.59 Å². The summed E-state index contributed by atoms with van der Waals surface area (Å²) in [7, 11) is 2.78. The number of methoxy groups -OCH3 is 2. The molecule has 0 aromatic heterocycles. The summed E-state index contributed by atoms with van der Waals surface area (Å²) in [6.45, 7) is 16.1. The normalized spacial score (nSPS) is 8.71. The molecular formula is C28H43BrO4Zn. The van der Waals surface area contributed by atoms with Crippen LogP contribution in [0.4, 0.5) is 0 Å². The summed E-state index contributed by atoms with van der Waals surface area (Å²) in [5.74, 6) is -0.0711. The summed E-state index contributed by atoms with van der Waals surface area (Å²) in [6.07, 6.45) is 4.00. The Kier molecular flexibility index (Phi) is 27.1. The number of ether oxygens (including phenoxy) is 2. The van der Waals surface area contributed by atoms with Crippen molar-refractivity contribution in [2.75, 3.05) is 14.2 Å². The van der Waals surface area contributed by atoms with Crippen LogP contribution in [0, 0.1) is 26.7 Å². The van der Waals surface area contributed by atoms with Crippen molar-refractivity contribution in [3.63, 3.8) is 0 Å². The van der Waals surface area contributed by atoms with Crippen LogP contribution >= 0.6 is 15.9 Å². The summed E-state index contributed by atoms with van der Waals surface area (Å²) in [6, 6.07) is 11.3. The van der Waals surface area contributed by atoms with Crippen molar-refractivity contribution >= 4 is 27.9 Å². The molecule has 0 unspecified atom stereocenters. The number of aryl methyl sites for hydroxylation is 2. The van der Waals surface area contributed by atoms with Crippen molar-refractivity contribution < 1.29 is 38.5 Å². The van der Waals surface area contributed by atoms with E-state index in [1.807, 2.05) is 84.7 Å². The first-order valence-corrected chi connectivity index (χ1v) is 11.3. The Bertz CT molecular complexity index is 818. The molecule has 188 valence electrons. The molecule has 0 aliphatic rings. The van der Waals surface area contributed by atoms with Crippen LogP contribution in [0.1, 0.15) is 92.3 Å². The third kappa shape index (κ3) is 16.2. The number of halogens is 1. The zero-order valence-electron chi connectivity index (χ0n) is 21.9. The molecule has 0 amide bonds. The first-order chi connectivity index (χ1) is 15.0. The summed E-state index contributed by atoms with van der Waals surface area (Å²) in [5.41, 5.74) is 4.40. The van der Waals surface area contributed by atoms with E-state index in [2.05, 4.69) is 39.3 Å². The summed E-state index contributed by atoms with van der Waals surface area (Å²) >= 11 is 3.32. The van der Waals surface area contributed by atoms with Crippen LogP contribution in [0.3, 0.4) is 0 Å². The minimum atomic E-state index is -0.292. The number of carbonyl (C=O) groups excluding carboxylic acids is 2. The van der Waals surface area contributed by atoms with Crippen molar-refractivity contribution in [1.29, 1.82) is 0 Å². The van der Waals surface area contributed by atoms with Crippen molar-refractivity contribution in [2.24, 2.45) is 0 Å². The van der Waals surface area contributed by atoms with E-state index in [0.717, 1.165) is 15.6 Å². The Morgan fingerprint density at radius 3 is 1.44 bits per heavy atom. The second kappa shape index (κ2) is 23.2. The smallest absolute Gasteiger partial charge is 0.465 e. The molecule has 0 spiro atoms. The minimum Gasteiger partial charge on any atom is -0.465 e. The van der Waals surface area contributed by atoms with Crippen molar-refractivity contribution in [3.05, 3.63) is 81.5 Å². The molecule has 0 heterocycles. The third-order valence-electron chi connectivity index (χ3n) is 3.92. The van der Waals surface area contributed by atoms with Crippen molar-refractivity contribution in [3.8, 4) is 0 Å². The number of rotatable bonds is 3. The molecule has 2 rings (SSSR count). The fourth-order valence-electron chi connectivity index (χ4n) is 2.35. The largest absolute Gasteiger partial charge is 2.00 e. The monoisotopic (exact) mass is 586 g/mol. The molecule has 2 aromatic carbocycles. The predicted octanol–water partition coefficient (Wildman–Crippen LogP) is 8.54. The van der Waals surface area contributed by atoms with Gasteiger partial charge in [0.05, 0.1) is 25.3 Å². The van der Waals surface area contributed by atoms with Crippen molar-refractivity contribution in [2.45, 2.75) is 68.7 Å². The Morgan fingerprint density at radius 2 is 1.15 bits per heavy atom. The second-order valence-electron chi connectivity index (χ2n) is 7.33. The zero-order chi connectivity index (χ0) is 25.3. The Labute approximate surface area is 230 Å². The first-order valence-electron chi connectivity index (χ1n) is 10.6. The molecule has 4 nitrogen and oxygen atoms in total. The Balaban J connectivity index is -0.000000206. The quantitative estimate of drug-likeness (QED) is 0.205. The van der Waals surface area contributed by atoms with E-state index >= 15 is 0 Å². The van der Waals surface area contributed by atoms with E-state index in [1.165, 1.54) is 19.8 Å². The number of hydrogen-bond donors (Lipinski definition) is 0. The van der Waals surface area contributed by atoms with Gasteiger partial charge in [-0.25, -0.2) is 9.59 Å². The van der Waals surface area contributed by atoms with Crippen LogP contribution in [0.5, 0.6) is 0 Å². The van der Waals surface area contributed by atoms with Crippen LogP contribution in [-0.2, 0) is 29.0 Å². The van der Waals surface area contributed by atoms with Crippen LogP contribution in [0.25, 0.3) is 0 Å². The summed E-state index contributed by atoms with van der Waals surface area (Å²) in [4.78, 5) is 22.4. The molecule has 0 N–H and O–H groups in total. The zero-order valence-corrected chi connectivity index (χ0v) is 26.5. The number of esters is 2. The topological polar surface area (TPSA) is 52.6 Å². The second-order valence-corrected chi connectivity index (χ2v) is 8.24. The van der Waals surface area contributed by atoms with Crippen molar-refractivity contribution in [1.82, 2.24) is 0 Å². The third-order valence-corrected chi connectivity index (χ3v) is 4.41. The van der Waals surface area contributed by atoms with E-state index in [0.29, 0.717) is 17.0 Å². The molecule has 0 saturated carbocycles. The summed E-state index contributed by atoms with van der Waals surface area (Å²) < 4.78 is 10.2. The van der Waals surface area contributed by atoms with E-state index < -0.39 is 0 Å². The molecular weight excluding hydrogens is 546 g/mol. The molecule has 34 heavy (non-hydrogen) atoms. The molecule has 0 radical (unpaired) electrons. The number of carbonyl (C=O) groups is 2. The number of benzene rings is 2. The number of hydrogen-bond acceptors (Lipinski definition) is 4. The van der Waals surface area contributed by atoms with Crippen LogP contribution in [-0.4, -0.2) is 26.2 Å². The maximum atomic E-state index is 11.3. The van der Waals surface area contributed by atoms with Crippen LogP contribution in [0.15, 0.2) is 40.9 Å². The molecule has 0 aliphatic carbocycles. The molecule has 0 atom stereocenters. The van der Waals surface area contributed by atoms with E-state index in [4.69, 9.17) is 0 Å². The maximum Gasteiger partial charge on any atom is 2.00 e. The molecule has 2 aromatic rings. The van der Waals surface area contributed by atoms with Gasteiger partial charge in [0.15, 0.2) is 0 Å². The average Bonchev–Trinajstić information content (AvgIpc) is 2.74. The van der Waals surface area contributed by atoms with E-state index in [1.54, 1.807) is 6.07 Å². The SMILES string of the molecule is C.COC(=O)c1ccc(Br)cc1C.COC(=O)c1ccc(C(C)C)cc1C.C[CH-]C.C[CH-]C.[Zn+2]. The van der Waals surface area contributed by atoms with Crippen LogP contribution < -0.4 is 0 Å². The fraction of sp³-hybridized carbons (Fsp3) is 0.429. The maximum absolute atomic E-state index is 11.3. The van der Waals surface area contributed by atoms with Gasteiger partial charge in [-0.2, -0.15) is 27.7 Å². The van der Waals surface area contributed by atoms with Gasteiger partial charge in [-0.1, -0.05) is 49.3 Å². The van der Waals surface area contributed by atoms with Gasteiger partial charge in [0, 0.05) is 4.47 Å². The molecule has 0 saturated heterocycles. The molecule has 0 bridgehead atoms. The van der Waals surface area contributed by atoms with Gasteiger partial charge < -0.3 is 22.3 Å². The average molecular weight is 589 g/mol. The van der Waals surface area contributed by atoms with Gasteiger partial charge in [0.1, 0.15) is 0 Å². The fourth-order valence-corrected chi connectivity index (χ4v) is 2.83. The Morgan fingerprint density at radius 1 is 0.794 bits per heavy atom. The van der Waals surface area contributed by atoms with Crippen LogP contribution in [0.2, 0.25) is 0 Å². The molecule has 0 fully saturated rings. The van der Waals surface area contributed by atoms with Gasteiger partial charge in [0.2, 0.25) is 0 Å². The minimum absolute atomic E-state index is 0. The predicted molar refractivity (Wildman–Crippen MR) is 145 cm³/mol. The van der Waals surface area contributed by atoms with Gasteiger partial charge >= 0.3 is 31.4 Å². The standard InChI is InChI=1S/C12H16O2.C9H9BrO2.2C3H7.CH4.Zn/c1-8(2)10-5-6-11(9(3)7-10)12(13)14-4;1-6-5-7(10)3-4-8(6)9(11)12-2;2*1-3-2;;/h5-8H,1-4H3;3-5H,1-2H3;2*3H,1-2H3;1H4;/q;;2*-1;;+2. The molecule has 0 aliphatic heterocycles. The Hall–Kier alpha value is -1.52.